The van der Waals surface area contributed by atoms with E-state index in [1.165, 1.54) is 67.1 Å². The van der Waals surface area contributed by atoms with Gasteiger partial charge in [-0.15, -0.1) is 0 Å². The second kappa shape index (κ2) is 5.75. The molecule has 1 aliphatic heterocycles. The van der Waals surface area contributed by atoms with E-state index in [-0.39, 0.29) is 0 Å². The predicted molar refractivity (Wildman–Crippen MR) is 79.9 cm³/mol. The van der Waals surface area contributed by atoms with Crippen LogP contribution in [-0.4, -0.2) is 6.54 Å². The number of halogens is 1. The van der Waals surface area contributed by atoms with Gasteiger partial charge in [-0.3, -0.25) is 0 Å². The van der Waals surface area contributed by atoms with Crippen molar-refractivity contribution in [1.29, 1.82) is 0 Å². The fourth-order valence-electron chi connectivity index (χ4n) is 3.47. The van der Waals surface area contributed by atoms with Gasteiger partial charge < -0.3 is 5.32 Å². The zero-order valence-corrected chi connectivity index (χ0v) is 12.5. The summed E-state index contributed by atoms with van der Waals surface area (Å²) in [6.07, 6.45) is 9.59. The molecule has 3 rings (SSSR count). The fraction of sp³-hybridized carbons (Fsp3) is 0.625. The first-order valence-electron chi connectivity index (χ1n) is 7.37. The third-order valence-corrected chi connectivity index (χ3v) is 5.22. The highest BCUT2D eigenvalue weighted by Crippen LogP contribution is 2.37. The maximum absolute atomic E-state index is 3.80. The van der Waals surface area contributed by atoms with Crippen molar-refractivity contribution >= 4 is 15.9 Å². The molecule has 2 aliphatic rings. The molecule has 1 heterocycles. The quantitative estimate of drug-likeness (QED) is 0.817. The maximum atomic E-state index is 3.80. The molecule has 2 heteroatoms. The molecule has 18 heavy (non-hydrogen) atoms. The van der Waals surface area contributed by atoms with Crippen LogP contribution in [0, 0.1) is 0 Å². The van der Waals surface area contributed by atoms with Crippen LogP contribution in [0.2, 0.25) is 0 Å². The van der Waals surface area contributed by atoms with Crippen LogP contribution >= 0.6 is 15.9 Å². The Morgan fingerprint density at radius 3 is 2.50 bits per heavy atom. The Balaban J connectivity index is 1.79. The smallest absolute Gasteiger partial charge is 0.0321 e. The summed E-state index contributed by atoms with van der Waals surface area (Å²) in [6.45, 7) is 1.17. The van der Waals surface area contributed by atoms with Gasteiger partial charge in [-0.2, -0.15) is 0 Å². The van der Waals surface area contributed by atoms with Gasteiger partial charge in [-0.1, -0.05) is 47.3 Å². The van der Waals surface area contributed by atoms with Crippen molar-refractivity contribution in [1.82, 2.24) is 5.32 Å². The minimum Gasteiger partial charge on any atom is -0.310 e. The fourth-order valence-corrected chi connectivity index (χ4v) is 4.19. The standard InChI is InChI=1S/C16H22BrN/c17-15-11-13(16-7-4-10-18-16)8-9-14(15)12-5-2-1-3-6-12/h8-9,11-12,16,18H,1-7,10H2. The van der Waals surface area contributed by atoms with Gasteiger partial charge >= 0.3 is 0 Å². The molecule has 1 unspecified atom stereocenters. The molecule has 1 aliphatic carbocycles. The van der Waals surface area contributed by atoms with E-state index in [0.29, 0.717) is 6.04 Å². The third kappa shape index (κ3) is 2.65. The van der Waals surface area contributed by atoms with Crippen LogP contribution in [0.15, 0.2) is 22.7 Å². The average Bonchev–Trinajstić information content (AvgIpc) is 2.93. The minimum absolute atomic E-state index is 0.585. The Kier molecular flexibility index (Phi) is 4.05. The van der Waals surface area contributed by atoms with Crippen molar-refractivity contribution in [2.24, 2.45) is 0 Å². The highest BCUT2D eigenvalue weighted by atomic mass is 79.9. The minimum atomic E-state index is 0.585. The first-order valence-corrected chi connectivity index (χ1v) is 8.16. The van der Waals surface area contributed by atoms with Crippen molar-refractivity contribution in [2.75, 3.05) is 6.54 Å². The van der Waals surface area contributed by atoms with E-state index in [0.717, 1.165) is 5.92 Å². The van der Waals surface area contributed by atoms with Crippen LogP contribution < -0.4 is 5.32 Å². The molecule has 1 atom stereocenters. The number of hydrogen-bond acceptors (Lipinski definition) is 1. The van der Waals surface area contributed by atoms with Crippen LogP contribution in [0.25, 0.3) is 0 Å². The van der Waals surface area contributed by atoms with Crippen LogP contribution in [0.4, 0.5) is 0 Å². The zero-order valence-electron chi connectivity index (χ0n) is 10.9. The van der Waals surface area contributed by atoms with E-state index >= 15 is 0 Å². The first kappa shape index (κ1) is 12.7. The normalized spacial score (nSPS) is 25.5. The summed E-state index contributed by atoms with van der Waals surface area (Å²) < 4.78 is 1.33. The number of nitrogens with one attached hydrogen (secondary N) is 1. The summed E-state index contributed by atoms with van der Waals surface area (Å²) in [5.74, 6) is 0.790. The van der Waals surface area contributed by atoms with Crippen LogP contribution in [0.3, 0.4) is 0 Å². The SMILES string of the molecule is Brc1cc(C2CCCN2)ccc1C1CCCCC1. The summed E-state index contributed by atoms with van der Waals surface area (Å²) >= 11 is 3.80. The first-order chi connectivity index (χ1) is 8.84. The molecule has 0 amide bonds. The van der Waals surface area contributed by atoms with Gasteiger partial charge in [-0.05, 0) is 55.3 Å². The lowest BCUT2D eigenvalue weighted by Gasteiger charge is -2.24. The third-order valence-electron chi connectivity index (χ3n) is 4.53. The monoisotopic (exact) mass is 307 g/mol. The van der Waals surface area contributed by atoms with E-state index < -0.39 is 0 Å². The summed E-state index contributed by atoms with van der Waals surface area (Å²) in [4.78, 5) is 0. The summed E-state index contributed by atoms with van der Waals surface area (Å²) in [6, 6.07) is 7.65. The molecular formula is C16H22BrN. The Morgan fingerprint density at radius 2 is 1.83 bits per heavy atom. The molecule has 2 fully saturated rings. The average molecular weight is 308 g/mol. The lowest BCUT2D eigenvalue weighted by atomic mass is 9.83. The van der Waals surface area contributed by atoms with E-state index in [1.807, 2.05) is 0 Å². The summed E-state index contributed by atoms with van der Waals surface area (Å²) in [5.41, 5.74) is 3.00. The molecule has 1 aromatic rings. The van der Waals surface area contributed by atoms with Crippen LogP contribution in [-0.2, 0) is 0 Å². The van der Waals surface area contributed by atoms with E-state index in [4.69, 9.17) is 0 Å². The van der Waals surface area contributed by atoms with Crippen LogP contribution in [0.1, 0.15) is 68.0 Å². The Hall–Kier alpha value is -0.340. The molecule has 0 aromatic heterocycles. The topological polar surface area (TPSA) is 12.0 Å². The van der Waals surface area contributed by atoms with Crippen molar-refractivity contribution in [3.8, 4) is 0 Å². The van der Waals surface area contributed by atoms with Crippen LogP contribution in [0.5, 0.6) is 0 Å². The van der Waals surface area contributed by atoms with Crippen molar-refractivity contribution in [2.45, 2.75) is 56.9 Å². The molecule has 1 N–H and O–H groups in total. The summed E-state index contributed by atoms with van der Waals surface area (Å²) in [5, 5.41) is 3.58. The largest absolute Gasteiger partial charge is 0.310 e. The Labute approximate surface area is 118 Å². The maximum Gasteiger partial charge on any atom is 0.0321 e. The molecular weight excluding hydrogens is 286 g/mol. The van der Waals surface area contributed by atoms with Gasteiger partial charge in [0.05, 0.1) is 0 Å². The van der Waals surface area contributed by atoms with Gasteiger partial charge in [0.2, 0.25) is 0 Å². The Morgan fingerprint density at radius 1 is 1.00 bits per heavy atom. The zero-order chi connectivity index (χ0) is 12.4. The Bertz CT molecular complexity index is 404. The molecule has 1 aromatic carbocycles. The predicted octanol–water partition coefficient (Wildman–Crippen LogP) is 4.92. The van der Waals surface area contributed by atoms with Gasteiger partial charge in [-0.25, -0.2) is 0 Å². The van der Waals surface area contributed by atoms with E-state index in [9.17, 15) is 0 Å². The lowest BCUT2D eigenvalue weighted by Crippen LogP contribution is -2.13. The van der Waals surface area contributed by atoms with Crippen molar-refractivity contribution in [3.63, 3.8) is 0 Å². The second-order valence-electron chi connectivity index (χ2n) is 5.76. The lowest BCUT2D eigenvalue weighted by molar-refractivity contribution is 0.442. The second-order valence-corrected chi connectivity index (χ2v) is 6.62. The molecule has 0 spiro atoms. The van der Waals surface area contributed by atoms with E-state index in [1.54, 1.807) is 0 Å². The number of rotatable bonds is 2. The van der Waals surface area contributed by atoms with Gasteiger partial charge in [0, 0.05) is 10.5 Å². The molecule has 0 bridgehead atoms. The van der Waals surface area contributed by atoms with Crippen molar-refractivity contribution in [3.05, 3.63) is 33.8 Å². The van der Waals surface area contributed by atoms with Gasteiger partial charge in [0.1, 0.15) is 0 Å². The molecule has 1 saturated carbocycles. The van der Waals surface area contributed by atoms with Gasteiger partial charge in [0.15, 0.2) is 0 Å². The van der Waals surface area contributed by atoms with Crippen molar-refractivity contribution < 1.29 is 0 Å². The molecule has 98 valence electrons. The van der Waals surface area contributed by atoms with Gasteiger partial charge in [0.25, 0.3) is 0 Å². The van der Waals surface area contributed by atoms with E-state index in [2.05, 4.69) is 39.4 Å². The summed E-state index contributed by atoms with van der Waals surface area (Å²) in [7, 11) is 0. The highest BCUT2D eigenvalue weighted by Gasteiger charge is 2.20. The molecule has 0 radical (unpaired) electrons. The molecule has 1 nitrogen and oxygen atoms in total. The highest BCUT2D eigenvalue weighted by molar-refractivity contribution is 9.10. The number of benzene rings is 1. The number of hydrogen-bond donors (Lipinski definition) is 1. The molecule has 1 saturated heterocycles.